The molecule has 1 atom stereocenters. The van der Waals surface area contributed by atoms with Gasteiger partial charge in [-0.15, -0.1) is 0 Å². The van der Waals surface area contributed by atoms with Crippen molar-refractivity contribution in [1.29, 1.82) is 0 Å². The van der Waals surface area contributed by atoms with Crippen LogP contribution in [0.15, 0.2) is 24.3 Å². The number of hydrogen-bond donors (Lipinski definition) is 1. The van der Waals surface area contributed by atoms with Crippen molar-refractivity contribution >= 4 is 17.5 Å². The van der Waals surface area contributed by atoms with Crippen LogP contribution in [-0.4, -0.2) is 43.2 Å². The van der Waals surface area contributed by atoms with E-state index < -0.39 is 0 Å². The second-order valence-electron chi connectivity index (χ2n) is 6.76. The molecule has 0 aliphatic carbocycles. The molecule has 0 aromatic heterocycles. The van der Waals surface area contributed by atoms with Gasteiger partial charge in [0.15, 0.2) is 0 Å². The first kappa shape index (κ1) is 19.2. The summed E-state index contributed by atoms with van der Waals surface area (Å²) in [5.74, 6) is 0.275. The molecule has 1 aromatic rings. The number of hydrogen-bond acceptors (Lipinski definition) is 3. The molecule has 1 aliphatic rings. The van der Waals surface area contributed by atoms with Crippen LogP contribution in [0, 0.1) is 5.92 Å². The van der Waals surface area contributed by atoms with E-state index in [9.17, 15) is 4.79 Å². The van der Waals surface area contributed by atoms with E-state index in [-0.39, 0.29) is 17.9 Å². The smallest absolute Gasteiger partial charge is 0.224 e. The lowest BCUT2D eigenvalue weighted by atomic mass is 9.96. The Labute approximate surface area is 150 Å². The highest BCUT2D eigenvalue weighted by Crippen LogP contribution is 2.19. The third kappa shape index (κ3) is 6.80. The van der Waals surface area contributed by atoms with E-state index in [0.717, 1.165) is 43.9 Å². The second-order valence-corrected chi connectivity index (χ2v) is 7.20. The van der Waals surface area contributed by atoms with Crippen LogP contribution in [0.3, 0.4) is 0 Å². The lowest BCUT2D eigenvalue weighted by molar-refractivity contribution is -0.126. The van der Waals surface area contributed by atoms with Crippen molar-refractivity contribution in [2.75, 3.05) is 26.2 Å². The van der Waals surface area contributed by atoms with E-state index in [1.54, 1.807) is 0 Å². The first-order valence-electron chi connectivity index (χ1n) is 8.90. The number of rotatable bonds is 8. The maximum atomic E-state index is 12.3. The van der Waals surface area contributed by atoms with Crippen LogP contribution in [0.4, 0.5) is 0 Å². The lowest BCUT2D eigenvalue weighted by Gasteiger charge is -2.32. The summed E-state index contributed by atoms with van der Waals surface area (Å²) in [4.78, 5) is 14.7. The third-order valence-electron chi connectivity index (χ3n) is 4.27. The largest absolute Gasteiger partial charge is 0.379 e. The summed E-state index contributed by atoms with van der Waals surface area (Å²) in [5, 5.41) is 3.82. The van der Waals surface area contributed by atoms with E-state index in [4.69, 9.17) is 16.3 Å². The highest BCUT2D eigenvalue weighted by molar-refractivity contribution is 6.30. The molecule has 24 heavy (non-hydrogen) atoms. The van der Waals surface area contributed by atoms with Crippen LogP contribution >= 0.6 is 11.6 Å². The Bertz CT molecular complexity index is 505. The Morgan fingerprint density at radius 3 is 2.83 bits per heavy atom. The Balaban J connectivity index is 1.71. The molecule has 0 saturated carbocycles. The summed E-state index contributed by atoms with van der Waals surface area (Å²) in [7, 11) is 0. The van der Waals surface area contributed by atoms with E-state index in [2.05, 4.69) is 22.3 Å². The first-order valence-corrected chi connectivity index (χ1v) is 9.28. The van der Waals surface area contributed by atoms with Crippen molar-refractivity contribution in [3.8, 4) is 0 Å². The van der Waals surface area contributed by atoms with Gasteiger partial charge < -0.3 is 10.1 Å². The number of piperidine rings is 1. The molecule has 2 rings (SSSR count). The Kier molecular flexibility index (Phi) is 8.03. The monoisotopic (exact) mass is 352 g/mol. The van der Waals surface area contributed by atoms with Crippen LogP contribution in [0.25, 0.3) is 0 Å². The number of amides is 1. The van der Waals surface area contributed by atoms with E-state index in [0.29, 0.717) is 13.2 Å². The molecular formula is C19H29ClN2O2. The number of carbonyl (C=O) groups excluding carboxylic acids is 1. The number of benzene rings is 1. The quantitative estimate of drug-likeness (QED) is 0.728. The van der Waals surface area contributed by atoms with Crippen LogP contribution in [-0.2, 0) is 16.1 Å². The zero-order chi connectivity index (χ0) is 17.4. The van der Waals surface area contributed by atoms with Crippen molar-refractivity contribution in [1.82, 2.24) is 10.2 Å². The molecule has 0 spiro atoms. The summed E-state index contributed by atoms with van der Waals surface area (Å²) < 4.78 is 5.49. The predicted molar refractivity (Wildman–Crippen MR) is 98.2 cm³/mol. The third-order valence-corrected chi connectivity index (χ3v) is 4.52. The number of nitrogens with zero attached hydrogens (tertiary/aromatic N) is 1. The Hall–Kier alpha value is -1.10. The summed E-state index contributed by atoms with van der Waals surface area (Å²) in [5.41, 5.74) is 1.24. The molecule has 1 heterocycles. The number of likely N-dealkylation sites (tertiary alicyclic amines) is 1. The fourth-order valence-electron chi connectivity index (χ4n) is 3.01. The molecule has 5 heteroatoms. The van der Waals surface area contributed by atoms with E-state index >= 15 is 0 Å². The molecule has 1 fully saturated rings. The number of carbonyl (C=O) groups is 1. The van der Waals surface area contributed by atoms with Crippen molar-refractivity contribution in [3.05, 3.63) is 34.9 Å². The molecule has 0 unspecified atom stereocenters. The van der Waals surface area contributed by atoms with Gasteiger partial charge in [-0.2, -0.15) is 0 Å². The Morgan fingerprint density at radius 1 is 1.38 bits per heavy atom. The van der Waals surface area contributed by atoms with Gasteiger partial charge in [-0.3, -0.25) is 9.69 Å². The van der Waals surface area contributed by atoms with Gasteiger partial charge in [0.05, 0.1) is 12.0 Å². The minimum absolute atomic E-state index is 0.0945. The topological polar surface area (TPSA) is 41.6 Å². The van der Waals surface area contributed by atoms with Crippen molar-refractivity contribution in [2.24, 2.45) is 5.92 Å². The number of halogens is 1. The molecule has 134 valence electrons. The standard InChI is InChI=1S/C19H29ClN2O2/c1-15(2)24-12-4-10-21-19(23)17-5-3-11-22(14-17)13-16-6-8-18(20)9-7-16/h6-9,15,17H,3-5,10-14H2,1-2H3,(H,21,23)/t17-/m1/s1. The molecule has 1 aliphatic heterocycles. The number of ether oxygens (including phenoxy) is 1. The van der Waals surface area contributed by atoms with Gasteiger partial charge in [-0.05, 0) is 57.4 Å². The van der Waals surface area contributed by atoms with Gasteiger partial charge >= 0.3 is 0 Å². The maximum absolute atomic E-state index is 12.3. The van der Waals surface area contributed by atoms with Crippen molar-refractivity contribution < 1.29 is 9.53 Å². The highest BCUT2D eigenvalue weighted by Gasteiger charge is 2.25. The van der Waals surface area contributed by atoms with Gasteiger partial charge in [0.25, 0.3) is 0 Å². The maximum Gasteiger partial charge on any atom is 0.224 e. The zero-order valence-electron chi connectivity index (χ0n) is 14.8. The molecule has 4 nitrogen and oxygen atoms in total. The first-order chi connectivity index (χ1) is 11.5. The molecule has 1 amide bonds. The lowest BCUT2D eigenvalue weighted by Crippen LogP contribution is -2.43. The van der Waals surface area contributed by atoms with E-state index in [1.807, 2.05) is 26.0 Å². The molecule has 0 bridgehead atoms. The molecular weight excluding hydrogens is 324 g/mol. The van der Waals surface area contributed by atoms with Crippen molar-refractivity contribution in [2.45, 2.75) is 45.8 Å². The van der Waals surface area contributed by atoms with Gasteiger partial charge in [0.2, 0.25) is 5.91 Å². The van der Waals surface area contributed by atoms with Gasteiger partial charge in [0.1, 0.15) is 0 Å². The van der Waals surface area contributed by atoms with Crippen LogP contribution in [0.2, 0.25) is 5.02 Å². The van der Waals surface area contributed by atoms with E-state index in [1.165, 1.54) is 5.56 Å². The van der Waals surface area contributed by atoms with Crippen LogP contribution in [0.5, 0.6) is 0 Å². The molecule has 1 aromatic carbocycles. The van der Waals surface area contributed by atoms with Gasteiger partial charge in [-0.25, -0.2) is 0 Å². The SMILES string of the molecule is CC(C)OCCCNC(=O)[C@@H]1CCCN(Cc2ccc(Cl)cc2)C1. The fourth-order valence-corrected chi connectivity index (χ4v) is 3.13. The second kappa shape index (κ2) is 10.0. The average molecular weight is 353 g/mol. The minimum atomic E-state index is 0.0945. The van der Waals surface area contributed by atoms with Crippen molar-refractivity contribution in [3.63, 3.8) is 0 Å². The molecule has 1 saturated heterocycles. The molecule has 1 N–H and O–H groups in total. The molecule has 0 radical (unpaired) electrons. The Morgan fingerprint density at radius 2 is 2.12 bits per heavy atom. The van der Waals surface area contributed by atoms with Crippen LogP contribution in [0.1, 0.15) is 38.7 Å². The summed E-state index contributed by atoms with van der Waals surface area (Å²) in [6.45, 7) is 8.20. The summed E-state index contributed by atoms with van der Waals surface area (Å²) in [6, 6.07) is 7.95. The predicted octanol–water partition coefficient (Wildman–Crippen LogP) is 3.48. The fraction of sp³-hybridized carbons (Fsp3) is 0.632. The van der Waals surface area contributed by atoms with Gasteiger partial charge in [0, 0.05) is 31.3 Å². The number of nitrogens with one attached hydrogen (secondary N) is 1. The highest BCUT2D eigenvalue weighted by atomic mass is 35.5. The average Bonchev–Trinajstić information content (AvgIpc) is 2.56. The zero-order valence-corrected chi connectivity index (χ0v) is 15.5. The minimum Gasteiger partial charge on any atom is -0.379 e. The summed E-state index contributed by atoms with van der Waals surface area (Å²) in [6.07, 6.45) is 3.17. The van der Waals surface area contributed by atoms with Crippen LogP contribution < -0.4 is 5.32 Å². The summed E-state index contributed by atoms with van der Waals surface area (Å²) >= 11 is 5.93. The van der Waals surface area contributed by atoms with Gasteiger partial charge in [-0.1, -0.05) is 23.7 Å². The normalized spacial score (nSPS) is 18.8.